The Balaban J connectivity index is 2.86. The lowest BCUT2D eigenvalue weighted by atomic mass is 10.2. The Hall–Kier alpha value is -1.58. The van der Waals surface area contributed by atoms with Crippen LogP contribution in [0.4, 0.5) is 0 Å². The number of hydrogen-bond donors (Lipinski definition) is 1. The van der Waals surface area contributed by atoms with Crippen LogP contribution in [0.15, 0.2) is 6.08 Å². The van der Waals surface area contributed by atoms with E-state index in [1.54, 1.807) is 10.8 Å². The van der Waals surface area contributed by atoms with E-state index >= 15 is 0 Å². The fourth-order valence-corrected chi connectivity index (χ4v) is 1.31. The van der Waals surface area contributed by atoms with Crippen molar-refractivity contribution in [1.29, 1.82) is 0 Å². The highest BCUT2D eigenvalue weighted by Crippen LogP contribution is 2.13. The maximum absolute atomic E-state index is 10.3. The SMILES string of the molecule is Cc1nn(C)c(C)c1C=CCC(=O)O. The van der Waals surface area contributed by atoms with E-state index in [1.807, 2.05) is 27.0 Å². The van der Waals surface area contributed by atoms with Gasteiger partial charge in [0.1, 0.15) is 0 Å². The third-order valence-electron chi connectivity index (χ3n) is 2.14. The van der Waals surface area contributed by atoms with E-state index in [9.17, 15) is 4.79 Å². The fourth-order valence-electron chi connectivity index (χ4n) is 1.31. The van der Waals surface area contributed by atoms with E-state index in [0.717, 1.165) is 17.0 Å². The second-order valence-corrected chi connectivity index (χ2v) is 3.21. The molecule has 0 radical (unpaired) electrons. The molecule has 76 valence electrons. The van der Waals surface area contributed by atoms with Gasteiger partial charge < -0.3 is 5.11 Å². The maximum Gasteiger partial charge on any atom is 0.307 e. The molecule has 0 bridgehead atoms. The summed E-state index contributed by atoms with van der Waals surface area (Å²) in [7, 11) is 1.87. The Morgan fingerprint density at radius 1 is 1.57 bits per heavy atom. The smallest absolute Gasteiger partial charge is 0.307 e. The summed E-state index contributed by atoms with van der Waals surface area (Å²) in [5.41, 5.74) is 2.98. The van der Waals surface area contributed by atoms with E-state index in [-0.39, 0.29) is 6.42 Å². The van der Waals surface area contributed by atoms with Gasteiger partial charge in [0.2, 0.25) is 0 Å². The Morgan fingerprint density at radius 2 is 2.21 bits per heavy atom. The first kappa shape index (κ1) is 10.5. The Labute approximate surface area is 82.9 Å². The van der Waals surface area contributed by atoms with Crippen LogP contribution in [0, 0.1) is 13.8 Å². The monoisotopic (exact) mass is 194 g/mol. The van der Waals surface area contributed by atoms with Crippen molar-refractivity contribution in [2.75, 3.05) is 0 Å². The number of aliphatic carboxylic acids is 1. The number of carboxylic acid groups (broad SMARTS) is 1. The first-order valence-electron chi connectivity index (χ1n) is 4.41. The van der Waals surface area contributed by atoms with Crippen molar-refractivity contribution in [1.82, 2.24) is 9.78 Å². The summed E-state index contributed by atoms with van der Waals surface area (Å²) >= 11 is 0. The van der Waals surface area contributed by atoms with Gasteiger partial charge >= 0.3 is 5.97 Å². The number of hydrogen-bond acceptors (Lipinski definition) is 2. The highest BCUT2D eigenvalue weighted by atomic mass is 16.4. The lowest BCUT2D eigenvalue weighted by molar-refractivity contribution is -0.135. The van der Waals surface area contributed by atoms with Crippen LogP contribution in [-0.2, 0) is 11.8 Å². The van der Waals surface area contributed by atoms with Crippen LogP contribution in [0.1, 0.15) is 23.4 Å². The fraction of sp³-hybridized carbons (Fsp3) is 0.400. The molecule has 0 saturated carbocycles. The van der Waals surface area contributed by atoms with Crippen LogP contribution in [0.25, 0.3) is 6.08 Å². The largest absolute Gasteiger partial charge is 0.481 e. The number of aryl methyl sites for hydroxylation is 2. The number of aromatic nitrogens is 2. The van der Waals surface area contributed by atoms with Gasteiger partial charge in [-0.1, -0.05) is 12.2 Å². The summed E-state index contributed by atoms with van der Waals surface area (Å²) in [5.74, 6) is -0.819. The highest BCUT2D eigenvalue weighted by molar-refractivity contribution is 5.70. The molecule has 0 aliphatic heterocycles. The van der Waals surface area contributed by atoms with Gasteiger partial charge in [0.15, 0.2) is 0 Å². The molecule has 1 rings (SSSR count). The minimum atomic E-state index is -0.819. The van der Waals surface area contributed by atoms with Gasteiger partial charge in [-0.3, -0.25) is 9.48 Å². The van der Waals surface area contributed by atoms with E-state index in [2.05, 4.69) is 5.10 Å². The standard InChI is InChI=1S/C10H14N2O2/c1-7-9(5-4-6-10(13)14)8(2)12(3)11-7/h4-5H,6H2,1-3H3,(H,13,14). The summed E-state index contributed by atoms with van der Waals surface area (Å²) in [6.07, 6.45) is 3.50. The molecule has 0 aliphatic carbocycles. The molecular weight excluding hydrogens is 180 g/mol. The van der Waals surface area contributed by atoms with Crippen LogP contribution in [-0.4, -0.2) is 20.9 Å². The first-order chi connectivity index (χ1) is 6.52. The van der Waals surface area contributed by atoms with Gasteiger partial charge in [-0.2, -0.15) is 5.10 Å². The zero-order valence-corrected chi connectivity index (χ0v) is 8.61. The molecular formula is C10H14N2O2. The van der Waals surface area contributed by atoms with Crippen molar-refractivity contribution < 1.29 is 9.90 Å². The molecule has 0 atom stereocenters. The predicted molar refractivity (Wildman–Crippen MR) is 54.0 cm³/mol. The molecule has 4 nitrogen and oxygen atoms in total. The first-order valence-corrected chi connectivity index (χ1v) is 4.41. The molecule has 0 aromatic carbocycles. The van der Waals surface area contributed by atoms with Gasteiger partial charge in [-0.05, 0) is 13.8 Å². The van der Waals surface area contributed by atoms with Crippen molar-refractivity contribution in [2.24, 2.45) is 7.05 Å². The highest BCUT2D eigenvalue weighted by Gasteiger charge is 2.05. The van der Waals surface area contributed by atoms with Crippen LogP contribution < -0.4 is 0 Å². The maximum atomic E-state index is 10.3. The molecule has 0 aliphatic rings. The summed E-state index contributed by atoms with van der Waals surface area (Å²) in [5, 5.41) is 12.7. The second kappa shape index (κ2) is 4.09. The normalized spacial score (nSPS) is 11.1. The molecule has 4 heteroatoms. The topological polar surface area (TPSA) is 55.1 Å². The molecule has 0 unspecified atom stereocenters. The summed E-state index contributed by atoms with van der Waals surface area (Å²) in [6, 6.07) is 0. The van der Waals surface area contributed by atoms with Crippen LogP contribution in [0.2, 0.25) is 0 Å². The minimum absolute atomic E-state index is 0.0494. The molecule has 1 aromatic rings. The average Bonchev–Trinajstić information content (AvgIpc) is 2.31. The number of carboxylic acids is 1. The second-order valence-electron chi connectivity index (χ2n) is 3.21. The molecule has 0 saturated heterocycles. The van der Waals surface area contributed by atoms with Crippen molar-refractivity contribution >= 4 is 12.0 Å². The van der Waals surface area contributed by atoms with Gasteiger partial charge in [0.05, 0.1) is 12.1 Å². The van der Waals surface area contributed by atoms with E-state index < -0.39 is 5.97 Å². The number of nitrogens with zero attached hydrogens (tertiary/aromatic N) is 2. The third-order valence-corrected chi connectivity index (χ3v) is 2.14. The molecule has 0 amide bonds. The van der Waals surface area contributed by atoms with Gasteiger partial charge in [-0.25, -0.2) is 0 Å². The molecule has 14 heavy (non-hydrogen) atoms. The number of carbonyl (C=O) groups is 1. The quantitative estimate of drug-likeness (QED) is 0.793. The number of rotatable bonds is 3. The molecule has 1 heterocycles. The van der Waals surface area contributed by atoms with Crippen LogP contribution in [0.5, 0.6) is 0 Å². The van der Waals surface area contributed by atoms with Gasteiger partial charge in [0, 0.05) is 18.3 Å². The average molecular weight is 194 g/mol. The van der Waals surface area contributed by atoms with E-state index in [4.69, 9.17) is 5.11 Å². The zero-order valence-electron chi connectivity index (χ0n) is 8.61. The molecule has 0 fully saturated rings. The Morgan fingerprint density at radius 3 is 2.64 bits per heavy atom. The van der Waals surface area contributed by atoms with E-state index in [0.29, 0.717) is 0 Å². The molecule has 1 aromatic heterocycles. The van der Waals surface area contributed by atoms with Crippen molar-refractivity contribution in [3.8, 4) is 0 Å². The Kier molecular flexibility index (Phi) is 3.06. The van der Waals surface area contributed by atoms with Crippen LogP contribution in [0.3, 0.4) is 0 Å². The molecule has 1 N–H and O–H groups in total. The predicted octanol–water partition coefficient (Wildman–Crippen LogP) is 1.52. The van der Waals surface area contributed by atoms with Gasteiger partial charge in [0.25, 0.3) is 0 Å². The lowest BCUT2D eigenvalue weighted by Crippen LogP contribution is -1.92. The third kappa shape index (κ3) is 2.22. The summed E-state index contributed by atoms with van der Waals surface area (Å²) < 4.78 is 1.79. The van der Waals surface area contributed by atoms with Crippen LogP contribution >= 0.6 is 0 Å². The van der Waals surface area contributed by atoms with Crippen molar-refractivity contribution in [3.63, 3.8) is 0 Å². The van der Waals surface area contributed by atoms with Crippen molar-refractivity contribution in [2.45, 2.75) is 20.3 Å². The summed E-state index contributed by atoms with van der Waals surface area (Å²) in [4.78, 5) is 10.3. The van der Waals surface area contributed by atoms with Crippen molar-refractivity contribution in [3.05, 3.63) is 23.0 Å². The van der Waals surface area contributed by atoms with E-state index in [1.165, 1.54) is 0 Å². The summed E-state index contributed by atoms with van der Waals surface area (Å²) in [6.45, 7) is 3.87. The van der Waals surface area contributed by atoms with Gasteiger partial charge in [-0.15, -0.1) is 0 Å². The molecule has 0 spiro atoms. The lowest BCUT2D eigenvalue weighted by Gasteiger charge is -1.93. The Bertz CT molecular complexity index is 378. The minimum Gasteiger partial charge on any atom is -0.481 e. The zero-order chi connectivity index (χ0) is 10.7.